The molecule has 0 atom stereocenters. The minimum atomic E-state index is -5.19. The third kappa shape index (κ3) is 6.83. The molecule has 1 saturated heterocycles. The first-order valence-corrected chi connectivity index (χ1v) is 11.6. The van der Waals surface area contributed by atoms with Crippen molar-refractivity contribution in [2.24, 2.45) is 0 Å². The summed E-state index contributed by atoms with van der Waals surface area (Å²) >= 11 is 1.63. The molecule has 7 nitrogen and oxygen atoms in total. The second kappa shape index (κ2) is 11.1. The summed E-state index contributed by atoms with van der Waals surface area (Å²) in [5.74, 6) is -2.11. The van der Waals surface area contributed by atoms with Gasteiger partial charge in [0, 0.05) is 30.2 Å². The number of urea groups is 1. The molecule has 1 heterocycles. The molecular formula is C22H20F6N4O3S. The number of para-hydroxylation sites is 1. The number of hydrogen-bond donors (Lipinski definition) is 2. The fourth-order valence-electron chi connectivity index (χ4n) is 3.33. The summed E-state index contributed by atoms with van der Waals surface area (Å²) in [5, 5.41) is 0. The molecular weight excluding hydrogens is 514 g/mol. The number of anilines is 1. The Balaban J connectivity index is 1.83. The van der Waals surface area contributed by atoms with E-state index in [1.807, 2.05) is 0 Å². The van der Waals surface area contributed by atoms with Gasteiger partial charge in [-0.15, -0.1) is 0 Å². The highest BCUT2D eigenvalue weighted by Crippen LogP contribution is 2.37. The van der Waals surface area contributed by atoms with E-state index in [4.69, 9.17) is 0 Å². The van der Waals surface area contributed by atoms with E-state index in [-0.39, 0.29) is 17.8 Å². The number of nitrogens with zero attached hydrogens (tertiary/aromatic N) is 2. The highest BCUT2D eigenvalue weighted by molar-refractivity contribution is 7.99. The number of carbonyl (C=O) groups excluding carboxylic acids is 3. The molecule has 1 aliphatic heterocycles. The lowest BCUT2D eigenvalue weighted by atomic mass is 10.1. The van der Waals surface area contributed by atoms with Gasteiger partial charge in [-0.05, 0) is 29.8 Å². The molecule has 1 aliphatic rings. The molecule has 36 heavy (non-hydrogen) atoms. The highest BCUT2D eigenvalue weighted by atomic mass is 32.2. The van der Waals surface area contributed by atoms with Crippen molar-refractivity contribution in [1.29, 1.82) is 0 Å². The van der Waals surface area contributed by atoms with Crippen molar-refractivity contribution >= 4 is 35.3 Å². The Morgan fingerprint density at radius 1 is 0.889 bits per heavy atom. The Kier molecular flexibility index (Phi) is 8.38. The van der Waals surface area contributed by atoms with E-state index in [1.54, 1.807) is 17.2 Å². The van der Waals surface area contributed by atoms with Gasteiger partial charge in [-0.25, -0.2) is 4.79 Å². The Bertz CT molecular complexity index is 1100. The minimum Gasteiger partial charge on any atom is -0.323 e. The van der Waals surface area contributed by atoms with Crippen LogP contribution in [0, 0.1) is 0 Å². The van der Waals surface area contributed by atoms with Gasteiger partial charge in [-0.1, -0.05) is 24.3 Å². The van der Waals surface area contributed by atoms with Crippen molar-refractivity contribution in [2.75, 3.05) is 29.5 Å². The van der Waals surface area contributed by atoms with Gasteiger partial charge in [0.05, 0.1) is 17.8 Å². The van der Waals surface area contributed by atoms with Crippen molar-refractivity contribution in [2.45, 2.75) is 18.9 Å². The number of amides is 4. The SMILES string of the molecule is O=C(NNC(=O)C(F)(F)F)c1ccc(CN(C(=O)N2CCSCC2)c2ccccc2C(F)(F)F)cc1. The van der Waals surface area contributed by atoms with Crippen LogP contribution < -0.4 is 15.8 Å². The number of hydrogen-bond acceptors (Lipinski definition) is 4. The molecule has 1 fully saturated rings. The molecule has 194 valence electrons. The van der Waals surface area contributed by atoms with Crippen LogP contribution in [0.25, 0.3) is 0 Å². The fourth-order valence-corrected chi connectivity index (χ4v) is 4.23. The van der Waals surface area contributed by atoms with Gasteiger partial charge in [-0.2, -0.15) is 38.1 Å². The number of nitrogens with one attached hydrogen (secondary N) is 2. The molecule has 2 aromatic rings. The van der Waals surface area contributed by atoms with Crippen molar-refractivity contribution in [1.82, 2.24) is 15.8 Å². The first-order chi connectivity index (χ1) is 16.9. The quantitative estimate of drug-likeness (QED) is 0.455. The number of thioether (sulfide) groups is 1. The van der Waals surface area contributed by atoms with Crippen molar-refractivity contribution in [3.8, 4) is 0 Å². The molecule has 4 amide bonds. The van der Waals surface area contributed by atoms with Crippen LogP contribution in [0.3, 0.4) is 0 Å². The Hall–Kier alpha value is -3.42. The molecule has 3 rings (SSSR count). The van der Waals surface area contributed by atoms with E-state index in [2.05, 4.69) is 0 Å². The number of hydrazine groups is 1. The lowest BCUT2D eigenvalue weighted by Gasteiger charge is -2.34. The summed E-state index contributed by atoms with van der Waals surface area (Å²) in [5.41, 5.74) is 1.78. The maximum atomic E-state index is 13.7. The summed E-state index contributed by atoms with van der Waals surface area (Å²) in [4.78, 5) is 38.6. The number of rotatable bonds is 4. The molecule has 2 aromatic carbocycles. The van der Waals surface area contributed by atoms with Crippen LogP contribution in [0.2, 0.25) is 0 Å². The van der Waals surface area contributed by atoms with Gasteiger partial charge in [0.1, 0.15) is 0 Å². The van der Waals surface area contributed by atoms with Crippen LogP contribution >= 0.6 is 11.8 Å². The maximum Gasteiger partial charge on any atom is 0.472 e. The normalized spacial score (nSPS) is 14.2. The van der Waals surface area contributed by atoms with E-state index >= 15 is 0 Å². The van der Waals surface area contributed by atoms with Crippen molar-refractivity contribution < 1.29 is 40.7 Å². The molecule has 14 heteroatoms. The molecule has 0 spiro atoms. The Morgan fingerprint density at radius 2 is 1.50 bits per heavy atom. The third-order valence-corrected chi connectivity index (χ3v) is 6.06. The monoisotopic (exact) mass is 534 g/mol. The van der Waals surface area contributed by atoms with Crippen LogP contribution in [0.1, 0.15) is 21.5 Å². The topological polar surface area (TPSA) is 81.8 Å². The Morgan fingerprint density at radius 3 is 2.08 bits per heavy atom. The lowest BCUT2D eigenvalue weighted by Crippen LogP contribution is -2.47. The second-order valence-corrected chi connectivity index (χ2v) is 8.81. The predicted molar refractivity (Wildman–Crippen MR) is 120 cm³/mol. The summed E-state index contributed by atoms with van der Waals surface area (Å²) in [7, 11) is 0. The molecule has 0 unspecified atom stereocenters. The van der Waals surface area contributed by atoms with E-state index in [0.29, 0.717) is 30.2 Å². The van der Waals surface area contributed by atoms with E-state index in [0.717, 1.165) is 11.0 Å². The number of carbonyl (C=O) groups is 3. The molecule has 0 aliphatic carbocycles. The summed E-state index contributed by atoms with van der Waals surface area (Å²) in [6, 6.07) is 9.20. The van der Waals surface area contributed by atoms with Gasteiger partial charge < -0.3 is 4.90 Å². The van der Waals surface area contributed by atoms with Crippen LogP contribution in [0.5, 0.6) is 0 Å². The average Bonchev–Trinajstić information content (AvgIpc) is 2.85. The zero-order valence-electron chi connectivity index (χ0n) is 18.4. The molecule has 0 radical (unpaired) electrons. The van der Waals surface area contributed by atoms with Crippen LogP contribution in [0.4, 0.5) is 36.8 Å². The Labute approximate surface area is 205 Å². The van der Waals surface area contributed by atoms with E-state index in [9.17, 15) is 40.7 Å². The summed E-state index contributed by atoms with van der Waals surface area (Å²) in [6.07, 6.45) is -9.90. The van der Waals surface area contributed by atoms with Crippen LogP contribution in [0.15, 0.2) is 48.5 Å². The number of halogens is 6. The molecule has 0 aromatic heterocycles. The summed E-state index contributed by atoms with van der Waals surface area (Å²) in [6.45, 7) is 0.482. The first-order valence-electron chi connectivity index (χ1n) is 10.4. The zero-order valence-corrected chi connectivity index (χ0v) is 19.3. The molecule has 0 bridgehead atoms. The molecule has 2 N–H and O–H groups in total. The predicted octanol–water partition coefficient (Wildman–Crippen LogP) is 4.20. The van der Waals surface area contributed by atoms with Gasteiger partial charge in [0.15, 0.2) is 0 Å². The van der Waals surface area contributed by atoms with Gasteiger partial charge >= 0.3 is 24.3 Å². The van der Waals surface area contributed by atoms with Crippen LogP contribution in [-0.2, 0) is 17.5 Å². The van der Waals surface area contributed by atoms with Crippen molar-refractivity contribution in [3.63, 3.8) is 0 Å². The minimum absolute atomic E-state index is 0.122. The maximum absolute atomic E-state index is 13.7. The number of benzene rings is 2. The largest absolute Gasteiger partial charge is 0.472 e. The lowest BCUT2D eigenvalue weighted by molar-refractivity contribution is -0.174. The fraction of sp³-hybridized carbons (Fsp3) is 0.318. The van der Waals surface area contributed by atoms with Gasteiger partial charge in [-0.3, -0.25) is 25.3 Å². The van der Waals surface area contributed by atoms with Gasteiger partial charge in [0.2, 0.25) is 0 Å². The highest BCUT2D eigenvalue weighted by Gasteiger charge is 2.39. The number of alkyl halides is 6. The van der Waals surface area contributed by atoms with E-state index in [1.165, 1.54) is 52.8 Å². The van der Waals surface area contributed by atoms with Crippen molar-refractivity contribution in [3.05, 3.63) is 65.2 Å². The first kappa shape index (κ1) is 27.2. The second-order valence-electron chi connectivity index (χ2n) is 7.59. The smallest absolute Gasteiger partial charge is 0.323 e. The average molecular weight is 534 g/mol. The third-order valence-electron chi connectivity index (χ3n) is 5.12. The standard InChI is InChI=1S/C22H20F6N4O3S/c23-21(24,25)16-3-1-2-4-17(16)32(20(35)31-9-11-36-12-10-31)13-14-5-7-15(8-6-14)18(33)29-30-19(34)22(26,27)28/h1-8H,9-13H2,(H,29,33)(H,30,34). The van der Waals surface area contributed by atoms with E-state index < -0.39 is 35.8 Å². The molecule has 0 saturated carbocycles. The van der Waals surface area contributed by atoms with Crippen LogP contribution in [-0.4, -0.2) is 53.5 Å². The van der Waals surface area contributed by atoms with Gasteiger partial charge in [0.25, 0.3) is 5.91 Å². The summed E-state index contributed by atoms with van der Waals surface area (Å²) < 4.78 is 77.8. The zero-order chi connectivity index (χ0) is 26.5.